The Bertz CT molecular complexity index is 390. The van der Waals surface area contributed by atoms with Crippen molar-refractivity contribution < 1.29 is 5.11 Å². The molecule has 0 amide bonds. The summed E-state index contributed by atoms with van der Waals surface area (Å²) in [6, 6.07) is 0. The molecule has 18 heavy (non-hydrogen) atoms. The third-order valence-corrected chi connectivity index (χ3v) is 3.32. The van der Waals surface area contributed by atoms with E-state index < -0.39 is 0 Å². The highest BCUT2D eigenvalue weighted by atomic mass is 16.3. The molecule has 0 atom stereocenters. The normalized spacial score (nSPS) is 16.9. The number of hydrogen-bond acceptors (Lipinski definition) is 6. The van der Waals surface area contributed by atoms with Crippen molar-refractivity contribution in [1.82, 2.24) is 9.97 Å². The zero-order chi connectivity index (χ0) is 13.0. The molecule has 1 aliphatic rings. The Hall–Kier alpha value is -1.40. The van der Waals surface area contributed by atoms with E-state index in [4.69, 9.17) is 5.84 Å². The first-order chi connectivity index (χ1) is 8.76. The second kappa shape index (κ2) is 5.97. The maximum atomic E-state index is 9.56. The van der Waals surface area contributed by atoms with Crippen LogP contribution in [0.4, 0.5) is 11.6 Å². The van der Waals surface area contributed by atoms with Gasteiger partial charge in [-0.3, -0.25) is 0 Å². The van der Waals surface area contributed by atoms with Crippen LogP contribution >= 0.6 is 0 Å². The number of aromatic nitrogens is 2. The molecule has 1 aliphatic heterocycles. The summed E-state index contributed by atoms with van der Waals surface area (Å²) in [7, 11) is 0. The van der Waals surface area contributed by atoms with Gasteiger partial charge in [-0.2, -0.15) is 0 Å². The van der Waals surface area contributed by atoms with E-state index >= 15 is 0 Å². The molecule has 0 saturated carbocycles. The van der Waals surface area contributed by atoms with Crippen molar-refractivity contribution in [3.8, 4) is 0 Å². The fraction of sp³-hybridized carbons (Fsp3) is 0.667. The largest absolute Gasteiger partial charge is 0.393 e. The van der Waals surface area contributed by atoms with Crippen molar-refractivity contribution >= 4 is 11.6 Å². The molecule has 0 aromatic carbocycles. The molecule has 0 bridgehead atoms. The average Bonchev–Trinajstić information content (AvgIpc) is 2.40. The number of aliphatic hydroxyl groups excluding tert-OH is 1. The number of nitrogens with one attached hydrogen (secondary N) is 1. The zero-order valence-corrected chi connectivity index (χ0v) is 10.8. The van der Waals surface area contributed by atoms with Crippen molar-refractivity contribution in [3.05, 3.63) is 11.9 Å². The van der Waals surface area contributed by atoms with Crippen molar-refractivity contribution in [1.29, 1.82) is 0 Å². The summed E-state index contributed by atoms with van der Waals surface area (Å²) in [5.74, 6) is 7.16. The van der Waals surface area contributed by atoms with Crippen LogP contribution in [0.2, 0.25) is 0 Å². The molecule has 6 nitrogen and oxygen atoms in total. The maximum Gasteiger partial charge on any atom is 0.148 e. The maximum absolute atomic E-state index is 9.56. The lowest BCUT2D eigenvalue weighted by atomic mass is 10.1. The van der Waals surface area contributed by atoms with Crippen LogP contribution in [-0.4, -0.2) is 34.3 Å². The number of aliphatic hydroxyl groups is 1. The van der Waals surface area contributed by atoms with Crippen LogP contribution in [0.25, 0.3) is 0 Å². The van der Waals surface area contributed by atoms with E-state index in [9.17, 15) is 5.11 Å². The quantitative estimate of drug-likeness (QED) is 0.539. The number of piperidine rings is 1. The minimum atomic E-state index is -0.176. The Labute approximate surface area is 107 Å². The Kier molecular flexibility index (Phi) is 4.33. The lowest BCUT2D eigenvalue weighted by Crippen LogP contribution is -2.37. The summed E-state index contributed by atoms with van der Waals surface area (Å²) in [6.45, 7) is 3.79. The Balaban J connectivity index is 2.25. The van der Waals surface area contributed by atoms with Crippen LogP contribution in [0.15, 0.2) is 6.33 Å². The van der Waals surface area contributed by atoms with Crippen molar-refractivity contribution in [2.24, 2.45) is 5.84 Å². The molecule has 2 rings (SSSR count). The minimum Gasteiger partial charge on any atom is -0.393 e. The van der Waals surface area contributed by atoms with Gasteiger partial charge in [0.1, 0.15) is 18.0 Å². The van der Waals surface area contributed by atoms with Crippen molar-refractivity contribution in [2.75, 3.05) is 23.4 Å². The molecule has 6 heteroatoms. The molecule has 0 radical (unpaired) electrons. The van der Waals surface area contributed by atoms with Gasteiger partial charge in [0.15, 0.2) is 0 Å². The first kappa shape index (κ1) is 13.0. The van der Waals surface area contributed by atoms with E-state index in [1.54, 1.807) is 0 Å². The summed E-state index contributed by atoms with van der Waals surface area (Å²) in [5.41, 5.74) is 3.71. The molecule has 0 aliphatic carbocycles. The number of nitrogens with zero attached hydrogens (tertiary/aromatic N) is 3. The third-order valence-electron chi connectivity index (χ3n) is 3.32. The van der Waals surface area contributed by atoms with Gasteiger partial charge in [0.05, 0.1) is 6.10 Å². The summed E-state index contributed by atoms with van der Waals surface area (Å²) < 4.78 is 0. The van der Waals surface area contributed by atoms with Gasteiger partial charge in [-0.25, -0.2) is 15.8 Å². The second-order valence-corrected chi connectivity index (χ2v) is 4.64. The van der Waals surface area contributed by atoms with Gasteiger partial charge in [0, 0.05) is 18.7 Å². The molecule has 1 saturated heterocycles. The number of rotatable bonds is 4. The monoisotopic (exact) mass is 251 g/mol. The molecule has 1 aromatic heterocycles. The summed E-state index contributed by atoms with van der Waals surface area (Å²) in [6.07, 6.45) is 4.86. The lowest BCUT2D eigenvalue weighted by molar-refractivity contribution is 0.145. The fourth-order valence-electron chi connectivity index (χ4n) is 2.36. The smallest absolute Gasteiger partial charge is 0.148 e. The van der Waals surface area contributed by atoms with Gasteiger partial charge in [0.25, 0.3) is 0 Å². The molecule has 0 unspecified atom stereocenters. The van der Waals surface area contributed by atoms with E-state index in [0.717, 1.165) is 50.2 Å². The first-order valence-electron chi connectivity index (χ1n) is 6.49. The van der Waals surface area contributed by atoms with Gasteiger partial charge in [-0.15, -0.1) is 0 Å². The number of nitrogens with two attached hydrogens (primary N) is 1. The van der Waals surface area contributed by atoms with Crippen LogP contribution < -0.4 is 16.2 Å². The molecule has 0 spiro atoms. The SMILES string of the molecule is CCCc1c(NN)ncnc1N1CCC(O)CC1. The van der Waals surface area contributed by atoms with Crippen LogP contribution in [0.1, 0.15) is 31.7 Å². The van der Waals surface area contributed by atoms with Gasteiger partial charge in [-0.1, -0.05) is 13.3 Å². The van der Waals surface area contributed by atoms with Crippen molar-refractivity contribution in [2.45, 2.75) is 38.7 Å². The average molecular weight is 251 g/mol. The van der Waals surface area contributed by atoms with Gasteiger partial charge in [0.2, 0.25) is 0 Å². The van der Waals surface area contributed by atoms with Gasteiger partial charge < -0.3 is 15.4 Å². The molecule has 1 aromatic rings. The Morgan fingerprint density at radius 1 is 1.44 bits per heavy atom. The van der Waals surface area contributed by atoms with E-state index in [-0.39, 0.29) is 6.10 Å². The van der Waals surface area contributed by atoms with Crippen LogP contribution in [0, 0.1) is 0 Å². The predicted molar refractivity (Wildman–Crippen MR) is 71.3 cm³/mol. The Morgan fingerprint density at radius 2 is 2.17 bits per heavy atom. The minimum absolute atomic E-state index is 0.176. The van der Waals surface area contributed by atoms with E-state index in [1.165, 1.54) is 6.33 Å². The highest BCUT2D eigenvalue weighted by molar-refractivity contribution is 5.58. The Morgan fingerprint density at radius 3 is 2.78 bits per heavy atom. The fourth-order valence-corrected chi connectivity index (χ4v) is 2.36. The predicted octanol–water partition coefficient (Wildman–Crippen LogP) is 0.676. The summed E-state index contributed by atoms with van der Waals surface area (Å²) in [4.78, 5) is 10.8. The third kappa shape index (κ3) is 2.70. The number of hydrogen-bond donors (Lipinski definition) is 3. The van der Waals surface area contributed by atoms with Crippen molar-refractivity contribution in [3.63, 3.8) is 0 Å². The number of hydrazine groups is 1. The molecular formula is C12H21N5O. The lowest BCUT2D eigenvalue weighted by Gasteiger charge is -2.32. The van der Waals surface area contributed by atoms with Crippen LogP contribution in [0.3, 0.4) is 0 Å². The van der Waals surface area contributed by atoms with Crippen LogP contribution in [0.5, 0.6) is 0 Å². The first-order valence-corrected chi connectivity index (χ1v) is 6.49. The number of anilines is 2. The van der Waals surface area contributed by atoms with Gasteiger partial charge >= 0.3 is 0 Å². The van der Waals surface area contributed by atoms with E-state index in [0.29, 0.717) is 5.82 Å². The standard InChI is InChI=1S/C12H21N5O/c1-2-3-10-11(16-13)14-8-15-12(10)17-6-4-9(18)5-7-17/h8-9,18H,2-7,13H2,1H3,(H,14,15,16). The number of nitrogen functional groups attached to an aromatic ring is 1. The summed E-state index contributed by atoms with van der Waals surface area (Å²) in [5, 5.41) is 9.56. The molecule has 100 valence electrons. The van der Waals surface area contributed by atoms with E-state index in [1.807, 2.05) is 0 Å². The molecule has 2 heterocycles. The zero-order valence-electron chi connectivity index (χ0n) is 10.8. The van der Waals surface area contributed by atoms with E-state index in [2.05, 4.69) is 27.2 Å². The van der Waals surface area contributed by atoms with Crippen LogP contribution in [-0.2, 0) is 6.42 Å². The highest BCUT2D eigenvalue weighted by Crippen LogP contribution is 2.26. The highest BCUT2D eigenvalue weighted by Gasteiger charge is 2.21. The molecular weight excluding hydrogens is 230 g/mol. The molecule has 4 N–H and O–H groups in total. The second-order valence-electron chi connectivity index (χ2n) is 4.64. The molecule has 1 fully saturated rings. The topological polar surface area (TPSA) is 87.3 Å². The summed E-state index contributed by atoms with van der Waals surface area (Å²) >= 11 is 0. The van der Waals surface area contributed by atoms with Gasteiger partial charge in [-0.05, 0) is 19.3 Å².